The van der Waals surface area contributed by atoms with Gasteiger partial charge in [-0.15, -0.1) is 0 Å². The Bertz CT molecular complexity index is 1510. The first-order valence-corrected chi connectivity index (χ1v) is 15.2. The minimum atomic E-state index is -0.00238. The van der Waals surface area contributed by atoms with Gasteiger partial charge in [0.15, 0.2) is 0 Å². The van der Waals surface area contributed by atoms with Crippen LogP contribution in [-0.4, -0.2) is 106 Å². The lowest BCUT2D eigenvalue weighted by Gasteiger charge is -2.57. The molecule has 0 N–H and O–H groups in total. The molecular formula is C32H40N8O2. The van der Waals surface area contributed by atoms with Crippen molar-refractivity contribution < 1.29 is 9.53 Å². The second-order valence-electron chi connectivity index (χ2n) is 13.8. The summed E-state index contributed by atoms with van der Waals surface area (Å²) in [6, 6.07) is 10.3. The fourth-order valence-corrected chi connectivity index (χ4v) is 7.32. The molecule has 3 aromatic heterocycles. The van der Waals surface area contributed by atoms with Gasteiger partial charge in [0.1, 0.15) is 24.2 Å². The predicted octanol–water partition coefficient (Wildman–Crippen LogP) is 3.26. The van der Waals surface area contributed by atoms with E-state index in [0.717, 1.165) is 67.4 Å². The van der Waals surface area contributed by atoms with Gasteiger partial charge in [0, 0.05) is 68.6 Å². The van der Waals surface area contributed by atoms with Crippen molar-refractivity contribution in [3.8, 4) is 22.9 Å². The van der Waals surface area contributed by atoms with Gasteiger partial charge in [-0.05, 0) is 43.5 Å². The Morgan fingerprint density at radius 3 is 2.45 bits per heavy atom. The summed E-state index contributed by atoms with van der Waals surface area (Å²) in [7, 11) is 2.23. The maximum absolute atomic E-state index is 12.9. The Labute approximate surface area is 247 Å². The van der Waals surface area contributed by atoms with E-state index in [9.17, 15) is 10.1 Å². The number of carbonyl (C=O) groups excluding carboxylic acids is 1. The fraction of sp³-hybridized carbons (Fsp3) is 0.562. The van der Waals surface area contributed by atoms with E-state index < -0.39 is 0 Å². The average molecular weight is 569 g/mol. The minimum Gasteiger partial charge on any atom is -0.491 e. The molecule has 0 aliphatic carbocycles. The molecule has 220 valence electrons. The largest absolute Gasteiger partial charge is 0.491 e. The monoisotopic (exact) mass is 568 g/mol. The number of amides is 1. The zero-order chi connectivity index (χ0) is 29.2. The Morgan fingerprint density at radius 2 is 1.81 bits per heavy atom. The van der Waals surface area contributed by atoms with Crippen molar-refractivity contribution in [2.75, 3.05) is 51.3 Å². The Morgan fingerprint density at radius 1 is 1.07 bits per heavy atom. The van der Waals surface area contributed by atoms with Crippen LogP contribution in [0.5, 0.6) is 5.75 Å². The Balaban J connectivity index is 1.05. The molecule has 0 aromatic carbocycles. The van der Waals surface area contributed by atoms with Crippen molar-refractivity contribution in [2.24, 2.45) is 5.41 Å². The summed E-state index contributed by atoms with van der Waals surface area (Å²) in [5, 5.41) is 14.2. The van der Waals surface area contributed by atoms with Crippen LogP contribution in [0.15, 0.2) is 36.8 Å². The molecule has 42 heavy (non-hydrogen) atoms. The van der Waals surface area contributed by atoms with E-state index in [1.165, 1.54) is 6.42 Å². The number of rotatable bonds is 7. The molecule has 10 heteroatoms. The van der Waals surface area contributed by atoms with Gasteiger partial charge < -0.3 is 14.5 Å². The van der Waals surface area contributed by atoms with E-state index in [2.05, 4.69) is 64.7 Å². The van der Waals surface area contributed by atoms with Crippen molar-refractivity contribution >= 4 is 17.2 Å². The molecule has 1 amide bonds. The number of aromatic nitrogens is 3. The van der Waals surface area contributed by atoms with Gasteiger partial charge in [0.05, 0.1) is 35.6 Å². The van der Waals surface area contributed by atoms with Crippen LogP contribution in [0.25, 0.3) is 16.6 Å². The first kappa shape index (κ1) is 27.2. The first-order chi connectivity index (χ1) is 20.2. The van der Waals surface area contributed by atoms with E-state index in [4.69, 9.17) is 9.72 Å². The number of ether oxygens (including phenoxy) is 1. The molecule has 0 radical (unpaired) electrons. The standard InChI is InChI=1S/C32H40N8O2/c1-32(2,3)12-30(41)40-25-10-26(40)19-38(18-25)29-6-5-21(14-34-29)28-11-27(20-39-31(28)22(13-33)15-35-39)42-8-7-37-16-23-9-24(17-37)36(23)4/h5-6,11,14-15,20,23-26H,7-10,12,16-19H2,1-4H3. The number of piperazine rings is 2. The maximum Gasteiger partial charge on any atom is 0.223 e. The van der Waals surface area contributed by atoms with E-state index in [1.807, 2.05) is 24.5 Å². The number of nitrogens with zero attached hydrogens (tertiary/aromatic N) is 8. The smallest absolute Gasteiger partial charge is 0.223 e. The number of nitriles is 1. The highest BCUT2D eigenvalue weighted by Crippen LogP contribution is 2.37. The zero-order valence-electron chi connectivity index (χ0n) is 25.0. The average Bonchev–Trinajstić information content (AvgIpc) is 3.39. The van der Waals surface area contributed by atoms with E-state index >= 15 is 0 Å². The van der Waals surface area contributed by atoms with Crippen molar-refractivity contribution in [1.29, 1.82) is 5.26 Å². The van der Waals surface area contributed by atoms with Crippen molar-refractivity contribution in [3.05, 3.63) is 42.4 Å². The summed E-state index contributed by atoms with van der Waals surface area (Å²) in [4.78, 5) is 27.1. The van der Waals surface area contributed by atoms with Crippen molar-refractivity contribution in [1.82, 2.24) is 29.3 Å². The molecule has 6 saturated heterocycles. The summed E-state index contributed by atoms with van der Waals surface area (Å²) in [5.41, 5.74) is 3.06. The number of fused-ring (bicyclic) bond motifs is 5. The summed E-state index contributed by atoms with van der Waals surface area (Å²) < 4.78 is 7.97. The SMILES string of the molecule is CN1C2CC1CN(CCOc1cc(-c3ccc(N4CC5CC(C4)N5C(=O)CC(C)(C)C)nc3)c3c(C#N)cnn3c1)C2. The molecular weight excluding hydrogens is 528 g/mol. The molecule has 4 bridgehead atoms. The van der Waals surface area contributed by atoms with Gasteiger partial charge in [0.2, 0.25) is 5.91 Å². The summed E-state index contributed by atoms with van der Waals surface area (Å²) >= 11 is 0. The molecule has 4 unspecified atom stereocenters. The van der Waals surface area contributed by atoms with Crippen LogP contribution in [0.1, 0.15) is 45.6 Å². The molecule has 3 aromatic rings. The van der Waals surface area contributed by atoms with Crippen LogP contribution in [0.2, 0.25) is 0 Å². The molecule has 6 fully saturated rings. The predicted molar refractivity (Wildman–Crippen MR) is 160 cm³/mol. The van der Waals surface area contributed by atoms with Gasteiger partial charge in [-0.2, -0.15) is 10.4 Å². The molecule has 9 heterocycles. The number of hydrogen-bond acceptors (Lipinski definition) is 8. The first-order valence-electron chi connectivity index (χ1n) is 15.2. The third-order valence-corrected chi connectivity index (χ3v) is 9.56. The number of carbonyl (C=O) groups is 1. The second-order valence-corrected chi connectivity index (χ2v) is 13.8. The molecule has 9 rings (SSSR count). The molecule has 6 aliphatic heterocycles. The summed E-state index contributed by atoms with van der Waals surface area (Å²) in [6.07, 6.45) is 8.31. The molecule has 0 saturated carbocycles. The summed E-state index contributed by atoms with van der Waals surface area (Å²) in [6.45, 7) is 11.7. The quantitative estimate of drug-likeness (QED) is 0.429. The lowest BCUT2D eigenvalue weighted by molar-refractivity contribution is -0.148. The Hall–Kier alpha value is -3.68. The van der Waals surface area contributed by atoms with Gasteiger partial charge in [-0.25, -0.2) is 9.50 Å². The Kier molecular flexibility index (Phi) is 6.63. The maximum atomic E-state index is 12.9. The van der Waals surface area contributed by atoms with Crippen LogP contribution in [0.4, 0.5) is 5.82 Å². The van der Waals surface area contributed by atoms with Crippen LogP contribution in [-0.2, 0) is 4.79 Å². The highest BCUT2D eigenvalue weighted by Gasteiger charge is 2.47. The minimum absolute atomic E-state index is 0.00238. The van der Waals surface area contributed by atoms with Crippen LogP contribution in [0, 0.1) is 16.7 Å². The van der Waals surface area contributed by atoms with Crippen LogP contribution < -0.4 is 9.64 Å². The second kappa shape index (κ2) is 10.2. The lowest BCUT2D eigenvalue weighted by Crippen LogP contribution is -2.70. The number of pyridine rings is 2. The highest BCUT2D eigenvalue weighted by molar-refractivity contribution is 5.85. The van der Waals surface area contributed by atoms with Gasteiger partial charge in [-0.3, -0.25) is 14.6 Å². The number of anilines is 1. The van der Waals surface area contributed by atoms with Gasteiger partial charge in [-0.1, -0.05) is 20.8 Å². The third-order valence-electron chi connectivity index (χ3n) is 9.56. The van der Waals surface area contributed by atoms with Crippen LogP contribution in [0.3, 0.4) is 0 Å². The number of piperidine rings is 2. The lowest BCUT2D eigenvalue weighted by atomic mass is 9.84. The van der Waals surface area contributed by atoms with E-state index in [0.29, 0.717) is 30.7 Å². The van der Waals surface area contributed by atoms with Crippen molar-refractivity contribution in [3.63, 3.8) is 0 Å². The molecule has 4 atom stereocenters. The zero-order valence-corrected chi connectivity index (χ0v) is 25.0. The summed E-state index contributed by atoms with van der Waals surface area (Å²) in [5.74, 6) is 1.91. The van der Waals surface area contributed by atoms with Gasteiger partial charge >= 0.3 is 0 Å². The topological polar surface area (TPSA) is 93.2 Å². The fourth-order valence-electron chi connectivity index (χ4n) is 7.32. The van der Waals surface area contributed by atoms with Gasteiger partial charge in [0.25, 0.3) is 0 Å². The number of likely N-dealkylation sites (N-methyl/N-ethyl adjacent to an activating group) is 1. The molecule has 6 aliphatic rings. The van der Waals surface area contributed by atoms with E-state index in [-0.39, 0.29) is 23.4 Å². The third kappa shape index (κ3) is 4.88. The van der Waals surface area contributed by atoms with Crippen LogP contribution >= 0.6 is 0 Å². The number of hydrogen-bond donors (Lipinski definition) is 0. The molecule has 0 spiro atoms. The highest BCUT2D eigenvalue weighted by atomic mass is 16.5. The molecule has 10 nitrogen and oxygen atoms in total. The van der Waals surface area contributed by atoms with E-state index in [1.54, 1.807) is 10.7 Å². The van der Waals surface area contributed by atoms with Crippen molar-refractivity contribution in [2.45, 2.75) is 64.2 Å². The normalized spacial score (nSPS) is 25.6.